The van der Waals surface area contributed by atoms with E-state index >= 15 is 0 Å². The molecule has 0 bridgehead atoms. The van der Waals surface area contributed by atoms with Gasteiger partial charge in [-0.15, -0.1) is 21.5 Å². The summed E-state index contributed by atoms with van der Waals surface area (Å²) in [6.45, 7) is 6.21. The highest BCUT2D eigenvalue weighted by Crippen LogP contribution is 2.37. The van der Waals surface area contributed by atoms with Crippen molar-refractivity contribution in [1.29, 1.82) is 0 Å². The summed E-state index contributed by atoms with van der Waals surface area (Å²) in [6.07, 6.45) is 4.94. The number of hydrogen-bond acceptors (Lipinski definition) is 5. The summed E-state index contributed by atoms with van der Waals surface area (Å²) in [6, 6.07) is 2.46. The number of fused-ring (bicyclic) bond motifs is 1. The summed E-state index contributed by atoms with van der Waals surface area (Å²) < 4.78 is 2.00. The minimum atomic E-state index is 0.0294. The van der Waals surface area contributed by atoms with Gasteiger partial charge in [0.25, 0.3) is 0 Å². The molecule has 1 aliphatic carbocycles. The predicted octanol–water partition coefficient (Wildman–Crippen LogP) is 3.68. The molecule has 25 heavy (non-hydrogen) atoms. The lowest BCUT2D eigenvalue weighted by Crippen LogP contribution is -2.31. The fourth-order valence-electron chi connectivity index (χ4n) is 3.21. The zero-order chi connectivity index (χ0) is 18.0. The molecule has 0 aromatic carbocycles. The Morgan fingerprint density at radius 1 is 1.48 bits per heavy atom. The van der Waals surface area contributed by atoms with Crippen LogP contribution in [0.5, 0.6) is 0 Å². The summed E-state index contributed by atoms with van der Waals surface area (Å²) in [5, 5.41) is 12.3. The van der Waals surface area contributed by atoms with E-state index in [-0.39, 0.29) is 11.9 Å². The molecule has 1 N–H and O–H groups in total. The van der Waals surface area contributed by atoms with Crippen molar-refractivity contribution in [2.45, 2.75) is 57.7 Å². The Labute approximate surface area is 157 Å². The average Bonchev–Trinajstić information content (AvgIpc) is 3.14. The van der Waals surface area contributed by atoms with Gasteiger partial charge in [-0.3, -0.25) is 4.79 Å². The van der Waals surface area contributed by atoms with Crippen LogP contribution in [0.15, 0.2) is 11.2 Å². The molecule has 0 unspecified atom stereocenters. The lowest BCUT2D eigenvalue weighted by molar-refractivity contribution is -0.119. The number of carbonyl (C=O) groups is 1. The molecule has 0 spiro atoms. The molecule has 1 amide bonds. The Morgan fingerprint density at radius 3 is 3.00 bits per heavy atom. The number of nitrogens with one attached hydrogen (secondary N) is 1. The maximum Gasteiger partial charge on any atom is 0.230 e. The first-order valence-corrected chi connectivity index (χ1v) is 10.7. The van der Waals surface area contributed by atoms with Crippen LogP contribution in [0.3, 0.4) is 0 Å². The molecule has 2 aromatic rings. The van der Waals surface area contributed by atoms with Gasteiger partial charge in [-0.25, -0.2) is 0 Å². The molecular formula is C18H26N4OS2. The summed E-state index contributed by atoms with van der Waals surface area (Å²) in [5.41, 5.74) is 1.49. The minimum Gasteiger partial charge on any atom is -0.353 e. The number of nitrogens with zero attached hydrogens (tertiary/aromatic N) is 3. The quantitative estimate of drug-likeness (QED) is 0.779. The van der Waals surface area contributed by atoms with Gasteiger partial charge in [0, 0.05) is 18.0 Å². The van der Waals surface area contributed by atoms with E-state index in [1.807, 2.05) is 36.8 Å². The van der Waals surface area contributed by atoms with Gasteiger partial charge in [-0.05, 0) is 50.7 Å². The number of aromatic nitrogens is 3. The van der Waals surface area contributed by atoms with Gasteiger partial charge in [0.05, 0.1) is 10.6 Å². The predicted molar refractivity (Wildman–Crippen MR) is 104 cm³/mol. The second kappa shape index (κ2) is 7.91. The third-order valence-corrected chi connectivity index (χ3v) is 6.85. The molecule has 2 aromatic heterocycles. The van der Waals surface area contributed by atoms with E-state index < -0.39 is 0 Å². The molecule has 0 saturated heterocycles. The van der Waals surface area contributed by atoms with Crippen LogP contribution in [-0.4, -0.2) is 32.5 Å². The summed E-state index contributed by atoms with van der Waals surface area (Å²) >= 11 is 3.28. The van der Waals surface area contributed by atoms with Crippen LogP contribution in [0.25, 0.3) is 10.7 Å². The van der Waals surface area contributed by atoms with E-state index in [2.05, 4.69) is 28.5 Å². The van der Waals surface area contributed by atoms with Crippen LogP contribution >= 0.6 is 23.1 Å². The number of amides is 1. The molecule has 5 nitrogen and oxygen atoms in total. The van der Waals surface area contributed by atoms with Crippen molar-refractivity contribution in [1.82, 2.24) is 20.1 Å². The second-order valence-corrected chi connectivity index (χ2v) is 9.03. The summed E-state index contributed by atoms with van der Waals surface area (Å²) in [4.78, 5) is 14.5. The Hall–Kier alpha value is -1.34. The first-order chi connectivity index (χ1) is 12.0. The maximum absolute atomic E-state index is 11.8. The molecule has 2 heterocycles. The standard InChI is InChI=1S/C18H26N4OS2/c1-5-12-6-7-14-13(8-12)9-15(25-14)17-20-21-18(22(17)4)24-10-16(23)19-11(2)3/h9,11-12H,5-8,10H2,1-4H3,(H,19,23)/t12-/m1/s1. The smallest absolute Gasteiger partial charge is 0.230 e. The van der Waals surface area contributed by atoms with Crippen LogP contribution in [-0.2, 0) is 24.7 Å². The highest BCUT2D eigenvalue weighted by atomic mass is 32.2. The van der Waals surface area contributed by atoms with Gasteiger partial charge in [-0.2, -0.15) is 0 Å². The number of carbonyl (C=O) groups excluding carboxylic acids is 1. The van der Waals surface area contributed by atoms with Crippen molar-refractivity contribution < 1.29 is 4.79 Å². The molecule has 3 rings (SSSR count). The van der Waals surface area contributed by atoms with Crippen molar-refractivity contribution in [2.75, 3.05) is 5.75 Å². The zero-order valence-electron chi connectivity index (χ0n) is 15.3. The van der Waals surface area contributed by atoms with Crippen LogP contribution in [0.2, 0.25) is 0 Å². The number of aryl methyl sites for hydroxylation is 1. The number of thiophene rings is 1. The van der Waals surface area contributed by atoms with Gasteiger partial charge >= 0.3 is 0 Å². The topological polar surface area (TPSA) is 59.8 Å². The molecule has 0 saturated carbocycles. The Balaban J connectivity index is 1.71. The zero-order valence-corrected chi connectivity index (χ0v) is 17.0. The molecule has 1 aliphatic rings. The van der Waals surface area contributed by atoms with Crippen LogP contribution in [0.4, 0.5) is 0 Å². The summed E-state index contributed by atoms with van der Waals surface area (Å²) in [5.74, 6) is 2.12. The molecule has 0 radical (unpaired) electrons. The van der Waals surface area contributed by atoms with Crippen LogP contribution in [0, 0.1) is 5.92 Å². The van der Waals surface area contributed by atoms with Crippen molar-refractivity contribution >= 4 is 29.0 Å². The molecule has 0 aliphatic heterocycles. The van der Waals surface area contributed by atoms with Crippen molar-refractivity contribution in [3.8, 4) is 10.7 Å². The third kappa shape index (κ3) is 4.26. The number of rotatable bonds is 6. The Kier molecular flexibility index (Phi) is 5.84. The van der Waals surface area contributed by atoms with Gasteiger partial charge in [0.15, 0.2) is 11.0 Å². The molecule has 7 heteroatoms. The first kappa shape index (κ1) is 18.5. The van der Waals surface area contributed by atoms with Crippen molar-refractivity contribution in [3.63, 3.8) is 0 Å². The SMILES string of the molecule is CC[C@@H]1CCc2sc(-c3nnc(SCC(=O)NC(C)C)n3C)cc2C1. The number of hydrogen-bond donors (Lipinski definition) is 1. The fourth-order valence-corrected chi connectivity index (χ4v) is 5.16. The van der Waals surface area contributed by atoms with E-state index in [0.29, 0.717) is 5.75 Å². The average molecular weight is 379 g/mol. The normalized spacial score (nSPS) is 16.9. The first-order valence-electron chi connectivity index (χ1n) is 8.91. The van der Waals surface area contributed by atoms with Crippen LogP contribution < -0.4 is 5.32 Å². The van der Waals surface area contributed by atoms with E-state index in [1.54, 1.807) is 0 Å². The Morgan fingerprint density at radius 2 is 2.28 bits per heavy atom. The minimum absolute atomic E-state index is 0.0294. The maximum atomic E-state index is 11.8. The second-order valence-electron chi connectivity index (χ2n) is 6.95. The van der Waals surface area contributed by atoms with E-state index in [1.165, 1.54) is 52.8 Å². The van der Waals surface area contributed by atoms with Gasteiger partial charge < -0.3 is 9.88 Å². The highest BCUT2D eigenvalue weighted by molar-refractivity contribution is 7.99. The monoisotopic (exact) mass is 378 g/mol. The van der Waals surface area contributed by atoms with E-state index in [0.717, 1.165) is 16.9 Å². The third-order valence-electron chi connectivity index (χ3n) is 4.60. The lowest BCUT2D eigenvalue weighted by atomic mass is 9.87. The van der Waals surface area contributed by atoms with E-state index in [9.17, 15) is 4.79 Å². The molecular weight excluding hydrogens is 352 g/mol. The van der Waals surface area contributed by atoms with Crippen molar-refractivity contribution in [3.05, 3.63) is 16.5 Å². The van der Waals surface area contributed by atoms with Gasteiger partial charge in [-0.1, -0.05) is 25.1 Å². The van der Waals surface area contributed by atoms with E-state index in [4.69, 9.17) is 0 Å². The fraction of sp³-hybridized carbons (Fsp3) is 0.611. The largest absolute Gasteiger partial charge is 0.353 e. The molecule has 0 fully saturated rings. The van der Waals surface area contributed by atoms with Crippen molar-refractivity contribution in [2.24, 2.45) is 13.0 Å². The highest BCUT2D eigenvalue weighted by Gasteiger charge is 2.22. The molecule has 136 valence electrons. The lowest BCUT2D eigenvalue weighted by Gasteiger charge is -2.19. The van der Waals surface area contributed by atoms with Gasteiger partial charge in [0.1, 0.15) is 0 Å². The number of thioether (sulfide) groups is 1. The van der Waals surface area contributed by atoms with Gasteiger partial charge in [0.2, 0.25) is 5.91 Å². The molecule has 1 atom stereocenters. The Bertz CT molecular complexity index is 750. The summed E-state index contributed by atoms with van der Waals surface area (Å²) in [7, 11) is 1.98. The van der Waals surface area contributed by atoms with Crippen LogP contribution in [0.1, 0.15) is 44.1 Å².